The maximum Gasteiger partial charge on any atom is 0.141 e. The Morgan fingerprint density at radius 1 is 0.295 bits per heavy atom. The zero-order chi connectivity index (χ0) is 40.0. The van der Waals surface area contributed by atoms with Crippen LogP contribution in [0.25, 0.3) is 87.4 Å². The summed E-state index contributed by atoms with van der Waals surface area (Å²) in [7, 11) is 0. The SMILES string of the molecule is c1ccc2c(N(c3ccc4c(c3)oc3ccccc34)c3ccc4c(c3)oc3cc(N(c5ccc6c(c5)oc5ccccc56)c5cccc6ccccc56)ncc34)cccc2c1. The molecule has 0 spiro atoms. The van der Waals surface area contributed by atoms with Gasteiger partial charge in [0.25, 0.3) is 0 Å². The fourth-order valence-electron chi connectivity index (χ4n) is 9.25. The van der Waals surface area contributed by atoms with Gasteiger partial charge in [-0.3, -0.25) is 4.90 Å². The van der Waals surface area contributed by atoms with E-state index in [0.717, 1.165) is 122 Å². The molecule has 0 bridgehead atoms. The second-order valence-electron chi connectivity index (χ2n) is 15.5. The average Bonchev–Trinajstić information content (AvgIpc) is 3.99. The minimum atomic E-state index is 0.732. The maximum absolute atomic E-state index is 6.84. The van der Waals surface area contributed by atoms with Gasteiger partial charge < -0.3 is 18.2 Å². The second kappa shape index (κ2) is 13.1. The van der Waals surface area contributed by atoms with Gasteiger partial charge in [-0.2, -0.15) is 0 Å². The molecular weight excluding hydrogens is 751 g/mol. The van der Waals surface area contributed by atoms with Crippen molar-refractivity contribution in [2.45, 2.75) is 0 Å². The highest BCUT2D eigenvalue weighted by molar-refractivity contribution is 6.11. The van der Waals surface area contributed by atoms with Crippen molar-refractivity contribution in [1.29, 1.82) is 0 Å². The number of aromatic nitrogens is 1. The largest absolute Gasteiger partial charge is 0.456 e. The van der Waals surface area contributed by atoms with Crippen LogP contribution in [0.4, 0.5) is 34.3 Å². The first kappa shape index (κ1) is 33.6. The van der Waals surface area contributed by atoms with Gasteiger partial charge in [-0.1, -0.05) is 109 Å². The lowest BCUT2D eigenvalue weighted by Gasteiger charge is -2.26. The summed E-state index contributed by atoms with van der Waals surface area (Å²) in [5.74, 6) is 0.732. The number of hydrogen-bond acceptors (Lipinski definition) is 6. The summed E-state index contributed by atoms with van der Waals surface area (Å²) in [5, 5.41) is 10.8. The number of nitrogens with zero attached hydrogens (tertiary/aromatic N) is 3. The number of benzene rings is 9. The highest BCUT2D eigenvalue weighted by Gasteiger charge is 2.22. The van der Waals surface area contributed by atoms with E-state index in [1.54, 1.807) is 0 Å². The number of pyridine rings is 1. The fraction of sp³-hybridized carbons (Fsp3) is 0. The topological polar surface area (TPSA) is 58.8 Å². The highest BCUT2D eigenvalue weighted by Crippen LogP contribution is 2.45. The molecule has 0 saturated carbocycles. The number of hydrogen-bond donors (Lipinski definition) is 0. The molecule has 61 heavy (non-hydrogen) atoms. The number of para-hydroxylation sites is 2. The second-order valence-corrected chi connectivity index (χ2v) is 15.5. The van der Waals surface area contributed by atoms with Gasteiger partial charge in [-0.05, 0) is 71.4 Å². The quantitative estimate of drug-likeness (QED) is 0.167. The molecule has 0 aliphatic carbocycles. The van der Waals surface area contributed by atoms with Crippen LogP contribution < -0.4 is 9.80 Å². The minimum Gasteiger partial charge on any atom is -0.456 e. The van der Waals surface area contributed by atoms with Crippen molar-refractivity contribution in [1.82, 2.24) is 4.98 Å². The molecule has 0 N–H and O–H groups in total. The lowest BCUT2D eigenvalue weighted by molar-refractivity contribution is 0.668. The molecule has 9 aromatic carbocycles. The number of fused-ring (bicyclic) bond motifs is 11. The molecule has 6 heteroatoms. The van der Waals surface area contributed by atoms with E-state index >= 15 is 0 Å². The molecule has 13 aromatic rings. The van der Waals surface area contributed by atoms with Crippen LogP contribution in [0.1, 0.15) is 0 Å². The van der Waals surface area contributed by atoms with Gasteiger partial charge in [0.15, 0.2) is 0 Å². The van der Waals surface area contributed by atoms with Gasteiger partial charge in [0.2, 0.25) is 0 Å². The van der Waals surface area contributed by atoms with Crippen LogP contribution in [-0.4, -0.2) is 4.98 Å². The summed E-state index contributed by atoms with van der Waals surface area (Å²) < 4.78 is 19.6. The van der Waals surface area contributed by atoms with E-state index < -0.39 is 0 Å². The van der Waals surface area contributed by atoms with Gasteiger partial charge in [-0.15, -0.1) is 0 Å². The lowest BCUT2D eigenvalue weighted by Crippen LogP contribution is -2.11. The Morgan fingerprint density at radius 3 is 1.25 bits per heavy atom. The van der Waals surface area contributed by atoms with E-state index in [4.69, 9.17) is 18.2 Å². The van der Waals surface area contributed by atoms with Crippen LogP contribution in [0.15, 0.2) is 214 Å². The average molecular weight is 784 g/mol. The zero-order valence-electron chi connectivity index (χ0n) is 32.6. The molecule has 13 rings (SSSR count). The predicted molar refractivity (Wildman–Crippen MR) is 250 cm³/mol. The molecule has 0 unspecified atom stereocenters. The van der Waals surface area contributed by atoms with Gasteiger partial charge in [0.05, 0.1) is 17.1 Å². The Morgan fingerprint density at radius 2 is 0.689 bits per heavy atom. The molecule has 0 saturated heterocycles. The maximum atomic E-state index is 6.84. The summed E-state index contributed by atoms with van der Waals surface area (Å²) in [6.07, 6.45) is 1.94. The van der Waals surface area contributed by atoms with Crippen LogP contribution in [-0.2, 0) is 0 Å². The number of furan rings is 3. The number of rotatable bonds is 6. The summed E-state index contributed by atoms with van der Waals surface area (Å²) in [6, 6.07) is 67.5. The first-order valence-corrected chi connectivity index (χ1v) is 20.4. The molecule has 0 aliphatic rings. The Bertz CT molecular complexity index is 3610. The van der Waals surface area contributed by atoms with Crippen molar-refractivity contribution in [2.75, 3.05) is 9.80 Å². The molecular formula is C55H33N3O3. The molecule has 0 amide bonds. The standard InChI is InChI=1S/C55H33N3O3/c1-3-15-39-34(11-1)13-9-19-47(39)57(36-23-26-43-41-17-5-7-21-49(41)59-51(43)29-36)37-24-28-45-46-33-56-55(32-54(46)61-53(45)30-37)58(48-20-10-14-35-12-2-4-16-40(35)48)38-25-27-44-42-18-6-8-22-50(42)60-52(44)31-38/h1-33H. The van der Waals surface area contributed by atoms with Gasteiger partial charge in [0.1, 0.15) is 39.3 Å². The van der Waals surface area contributed by atoms with Crippen molar-refractivity contribution in [3.63, 3.8) is 0 Å². The summed E-state index contributed by atoms with van der Waals surface area (Å²) in [4.78, 5) is 9.65. The van der Waals surface area contributed by atoms with E-state index in [0.29, 0.717) is 0 Å². The lowest BCUT2D eigenvalue weighted by atomic mass is 10.1. The van der Waals surface area contributed by atoms with E-state index in [9.17, 15) is 0 Å². The summed E-state index contributed by atoms with van der Waals surface area (Å²) in [6.45, 7) is 0. The molecule has 4 aromatic heterocycles. The third-order valence-electron chi connectivity index (χ3n) is 12.1. The zero-order valence-corrected chi connectivity index (χ0v) is 32.6. The van der Waals surface area contributed by atoms with Gasteiger partial charge in [-0.25, -0.2) is 4.98 Å². The van der Waals surface area contributed by atoms with Crippen LogP contribution in [0.5, 0.6) is 0 Å². The monoisotopic (exact) mass is 783 g/mol. The van der Waals surface area contributed by atoms with Crippen LogP contribution >= 0.6 is 0 Å². The fourth-order valence-corrected chi connectivity index (χ4v) is 9.25. The Kier molecular flexibility index (Phi) is 7.21. The highest BCUT2D eigenvalue weighted by atomic mass is 16.3. The third kappa shape index (κ3) is 5.26. The van der Waals surface area contributed by atoms with Crippen molar-refractivity contribution in [2.24, 2.45) is 0 Å². The molecule has 0 radical (unpaired) electrons. The first-order chi connectivity index (χ1) is 30.2. The van der Waals surface area contributed by atoms with E-state index in [2.05, 4.69) is 174 Å². The third-order valence-corrected chi connectivity index (χ3v) is 12.1. The van der Waals surface area contributed by atoms with Crippen LogP contribution in [0.2, 0.25) is 0 Å². The van der Waals surface area contributed by atoms with Crippen molar-refractivity contribution < 1.29 is 13.3 Å². The number of anilines is 6. The Labute approximate surface area is 348 Å². The Hall–Kier alpha value is -8.35. The molecule has 286 valence electrons. The smallest absolute Gasteiger partial charge is 0.141 e. The van der Waals surface area contributed by atoms with E-state index in [1.165, 1.54) is 0 Å². The predicted octanol–water partition coefficient (Wildman–Crippen LogP) is 16.0. The first-order valence-electron chi connectivity index (χ1n) is 20.4. The van der Waals surface area contributed by atoms with E-state index in [1.807, 2.05) is 36.5 Å². The molecule has 0 aliphatic heterocycles. The summed E-state index contributed by atoms with van der Waals surface area (Å²) in [5.41, 5.74) is 9.83. The van der Waals surface area contributed by atoms with Crippen LogP contribution in [0, 0.1) is 0 Å². The normalized spacial score (nSPS) is 11.9. The summed E-state index contributed by atoms with van der Waals surface area (Å²) >= 11 is 0. The molecule has 4 heterocycles. The van der Waals surface area contributed by atoms with Gasteiger partial charge in [0, 0.05) is 84.9 Å². The van der Waals surface area contributed by atoms with Crippen molar-refractivity contribution in [3.05, 3.63) is 200 Å². The molecule has 0 atom stereocenters. The van der Waals surface area contributed by atoms with E-state index in [-0.39, 0.29) is 0 Å². The van der Waals surface area contributed by atoms with Gasteiger partial charge >= 0.3 is 0 Å². The van der Waals surface area contributed by atoms with Crippen molar-refractivity contribution in [3.8, 4) is 0 Å². The van der Waals surface area contributed by atoms with Crippen LogP contribution in [0.3, 0.4) is 0 Å². The Balaban J connectivity index is 0.981. The molecule has 6 nitrogen and oxygen atoms in total. The minimum absolute atomic E-state index is 0.732. The molecule has 0 fully saturated rings. The van der Waals surface area contributed by atoms with Crippen molar-refractivity contribution >= 4 is 122 Å².